The van der Waals surface area contributed by atoms with Crippen molar-refractivity contribution in [1.29, 1.82) is 0 Å². The van der Waals surface area contributed by atoms with Crippen molar-refractivity contribution in [3.8, 4) is 5.75 Å². The number of aliphatic hydroxyl groups excluding tert-OH is 1. The van der Waals surface area contributed by atoms with Gasteiger partial charge in [0.2, 0.25) is 0 Å². The Morgan fingerprint density at radius 2 is 2.16 bits per heavy atom. The summed E-state index contributed by atoms with van der Waals surface area (Å²) in [5, 5.41) is 10.4. The third kappa shape index (κ3) is 5.05. The van der Waals surface area contributed by atoms with Crippen molar-refractivity contribution in [3.63, 3.8) is 0 Å². The van der Waals surface area contributed by atoms with Crippen LogP contribution in [0.3, 0.4) is 0 Å². The summed E-state index contributed by atoms with van der Waals surface area (Å²) in [5.41, 5.74) is 0. The first-order chi connectivity index (χ1) is 12.1. The molecule has 5 nitrogen and oxygen atoms in total. The minimum atomic E-state index is -0.636. The molecule has 0 aromatic heterocycles. The van der Waals surface area contributed by atoms with E-state index in [1.54, 1.807) is 6.07 Å². The fourth-order valence-corrected chi connectivity index (χ4v) is 4.68. The minimum absolute atomic E-state index is 0.0413. The lowest BCUT2D eigenvalue weighted by Crippen LogP contribution is -2.25. The molecule has 0 amide bonds. The van der Waals surface area contributed by atoms with Crippen LogP contribution in [-0.2, 0) is 13.8 Å². The summed E-state index contributed by atoms with van der Waals surface area (Å²) >= 11 is 5.97. The number of fused-ring (bicyclic) bond motifs is 1. The van der Waals surface area contributed by atoms with E-state index in [1.165, 1.54) is 0 Å². The van der Waals surface area contributed by atoms with Crippen molar-refractivity contribution in [2.24, 2.45) is 11.8 Å². The largest absolute Gasteiger partial charge is 0.491 e. The van der Waals surface area contributed by atoms with Gasteiger partial charge in [0.05, 0.1) is 18.3 Å². The first-order valence-corrected chi connectivity index (χ1v) is 9.85. The molecule has 8 heteroatoms. The average molecular weight is 407 g/mol. The molecular weight excluding hydrogens is 382 g/mol. The van der Waals surface area contributed by atoms with Gasteiger partial charge >= 0.3 is 0 Å². The van der Waals surface area contributed by atoms with E-state index >= 15 is 0 Å². The molecule has 8 unspecified atom stereocenters. The van der Waals surface area contributed by atoms with Gasteiger partial charge in [0.25, 0.3) is 0 Å². The Bertz CT molecular complexity index is 564. The molecule has 1 aliphatic carbocycles. The maximum atomic E-state index is 9.74. The molecule has 0 bridgehead atoms. The first-order valence-electron chi connectivity index (χ1n) is 8.53. The Kier molecular flexibility index (Phi) is 7.34. The summed E-state index contributed by atoms with van der Waals surface area (Å²) in [6, 6.07) is 7.34. The van der Waals surface area contributed by atoms with Gasteiger partial charge in [-0.25, -0.2) is 0 Å². The molecule has 1 saturated carbocycles. The summed E-state index contributed by atoms with van der Waals surface area (Å²) in [4.78, 5) is 0. The maximum absolute atomic E-state index is 9.74. The number of benzene rings is 1. The van der Waals surface area contributed by atoms with Gasteiger partial charge in [0, 0.05) is 36.8 Å². The highest BCUT2D eigenvalue weighted by Gasteiger charge is 2.49. The van der Waals surface area contributed by atoms with Gasteiger partial charge in [-0.15, -0.1) is 0 Å². The van der Waals surface area contributed by atoms with E-state index in [0.717, 1.165) is 25.0 Å². The number of aliphatic hydroxyl groups is 1. The molecule has 0 spiro atoms. The highest BCUT2D eigenvalue weighted by atomic mass is 35.5. The molecule has 1 aromatic rings. The summed E-state index contributed by atoms with van der Waals surface area (Å²) in [5.74, 6) is 1.44. The van der Waals surface area contributed by atoms with Gasteiger partial charge in [0.15, 0.2) is 6.29 Å². The molecule has 1 aliphatic heterocycles. The summed E-state index contributed by atoms with van der Waals surface area (Å²) in [6.45, 7) is 0.455. The molecule has 2 aliphatic rings. The van der Waals surface area contributed by atoms with Crippen LogP contribution in [-0.4, -0.2) is 36.3 Å². The van der Waals surface area contributed by atoms with Crippen LogP contribution in [0, 0.1) is 11.8 Å². The number of rotatable bonds is 8. The van der Waals surface area contributed by atoms with E-state index in [0.29, 0.717) is 29.9 Å². The van der Waals surface area contributed by atoms with Gasteiger partial charge in [-0.2, -0.15) is 0 Å². The number of ether oxygens (including phenoxy) is 2. The highest BCUT2D eigenvalue weighted by Crippen LogP contribution is 2.46. The Hall–Kier alpha value is 0.01000. The summed E-state index contributed by atoms with van der Waals surface area (Å²) in [7, 11) is 4.70. The normalized spacial score (nSPS) is 32.6. The van der Waals surface area contributed by atoms with Crippen LogP contribution in [0.15, 0.2) is 24.3 Å². The number of hydrogen-bond donors (Lipinski definition) is 1. The predicted molar refractivity (Wildman–Crippen MR) is 102 cm³/mol. The lowest BCUT2D eigenvalue weighted by Gasteiger charge is -2.24. The quantitative estimate of drug-likeness (QED) is 0.669. The van der Waals surface area contributed by atoms with E-state index in [9.17, 15) is 5.11 Å². The second-order valence-corrected chi connectivity index (χ2v) is 7.69. The first kappa shape index (κ1) is 19.8. The molecular formula is C17H25ClO5P2. The van der Waals surface area contributed by atoms with Crippen molar-refractivity contribution >= 4 is 30.5 Å². The van der Waals surface area contributed by atoms with Crippen LogP contribution in [0.1, 0.15) is 25.7 Å². The van der Waals surface area contributed by atoms with Crippen molar-refractivity contribution in [2.45, 2.75) is 50.3 Å². The Labute approximate surface area is 158 Å². The minimum Gasteiger partial charge on any atom is -0.491 e. The highest BCUT2D eigenvalue weighted by molar-refractivity contribution is 7.10. The zero-order valence-corrected chi connectivity index (χ0v) is 17.0. The zero-order chi connectivity index (χ0) is 17.8. The Balaban J connectivity index is 1.51. The lowest BCUT2D eigenvalue weighted by atomic mass is 9.87. The van der Waals surface area contributed by atoms with Crippen LogP contribution in [0.5, 0.6) is 5.75 Å². The molecule has 25 heavy (non-hydrogen) atoms. The number of halogens is 1. The standard InChI is InChI=1S/C17H25ClO5P2/c18-10-2-1-3-11(6-10)20-9-12(22-24)4-5-13-14-7-17(19)21-15(14)8-16(13)23-25/h1-3,6,12-17,19H,4-5,7-9,24-25H2. The molecule has 1 heterocycles. The van der Waals surface area contributed by atoms with Crippen LogP contribution in [0.4, 0.5) is 0 Å². The number of hydrogen-bond acceptors (Lipinski definition) is 5. The van der Waals surface area contributed by atoms with E-state index in [-0.39, 0.29) is 18.3 Å². The topological polar surface area (TPSA) is 57.2 Å². The van der Waals surface area contributed by atoms with Gasteiger partial charge < -0.3 is 23.6 Å². The maximum Gasteiger partial charge on any atom is 0.155 e. The second-order valence-electron chi connectivity index (χ2n) is 6.71. The van der Waals surface area contributed by atoms with E-state index < -0.39 is 6.29 Å². The third-order valence-electron chi connectivity index (χ3n) is 5.20. The Morgan fingerprint density at radius 1 is 1.32 bits per heavy atom. The second kappa shape index (κ2) is 9.28. The summed E-state index contributed by atoms with van der Waals surface area (Å²) < 4.78 is 22.4. The van der Waals surface area contributed by atoms with Crippen molar-refractivity contribution < 1.29 is 23.6 Å². The molecule has 0 radical (unpaired) electrons. The molecule has 1 N–H and O–H groups in total. The van der Waals surface area contributed by atoms with Gasteiger partial charge in [0.1, 0.15) is 12.4 Å². The molecule has 8 atom stereocenters. The van der Waals surface area contributed by atoms with Gasteiger partial charge in [-0.1, -0.05) is 17.7 Å². The third-order valence-corrected chi connectivity index (χ3v) is 6.17. The van der Waals surface area contributed by atoms with Crippen molar-refractivity contribution in [1.82, 2.24) is 0 Å². The van der Waals surface area contributed by atoms with Crippen LogP contribution in [0.25, 0.3) is 0 Å². The molecule has 140 valence electrons. The molecule has 2 fully saturated rings. The fraction of sp³-hybridized carbons (Fsp3) is 0.647. The van der Waals surface area contributed by atoms with Crippen molar-refractivity contribution in [2.75, 3.05) is 6.61 Å². The van der Waals surface area contributed by atoms with Crippen molar-refractivity contribution in [3.05, 3.63) is 29.3 Å². The van der Waals surface area contributed by atoms with Crippen LogP contribution in [0.2, 0.25) is 5.02 Å². The molecule has 3 rings (SSSR count). The SMILES string of the molecule is OC1CC2C(CC(OP)C2CCC(COc2cccc(Cl)c2)OP)O1. The average Bonchev–Trinajstić information content (AvgIpc) is 3.11. The van der Waals surface area contributed by atoms with Crippen LogP contribution >= 0.6 is 30.5 Å². The fourth-order valence-electron chi connectivity index (χ4n) is 3.97. The van der Waals surface area contributed by atoms with Crippen LogP contribution < -0.4 is 4.74 Å². The van der Waals surface area contributed by atoms with Gasteiger partial charge in [-0.3, -0.25) is 0 Å². The zero-order valence-electron chi connectivity index (χ0n) is 13.9. The summed E-state index contributed by atoms with van der Waals surface area (Å²) in [6.07, 6.45) is 2.87. The smallest absolute Gasteiger partial charge is 0.155 e. The monoisotopic (exact) mass is 406 g/mol. The van der Waals surface area contributed by atoms with E-state index in [4.69, 9.17) is 30.1 Å². The predicted octanol–water partition coefficient (Wildman–Crippen LogP) is 3.59. The molecule has 1 aromatic carbocycles. The Morgan fingerprint density at radius 3 is 2.88 bits per heavy atom. The van der Waals surface area contributed by atoms with E-state index in [1.807, 2.05) is 18.2 Å². The van der Waals surface area contributed by atoms with Gasteiger partial charge in [-0.05, 0) is 42.9 Å². The van der Waals surface area contributed by atoms with E-state index in [2.05, 4.69) is 18.9 Å². The molecule has 1 saturated heterocycles. The lowest BCUT2D eigenvalue weighted by molar-refractivity contribution is -0.0939.